The van der Waals surface area contributed by atoms with Gasteiger partial charge in [0.2, 0.25) is 0 Å². The first-order valence-corrected chi connectivity index (χ1v) is 9.46. The van der Waals surface area contributed by atoms with Gasteiger partial charge in [0.05, 0.1) is 0 Å². The Bertz CT molecular complexity index is 132. The van der Waals surface area contributed by atoms with E-state index >= 15 is 0 Å². The van der Waals surface area contributed by atoms with Crippen molar-refractivity contribution in [2.45, 2.75) is 54.8 Å². The summed E-state index contributed by atoms with van der Waals surface area (Å²) in [4.78, 5) is 2.32. The summed E-state index contributed by atoms with van der Waals surface area (Å²) in [6.45, 7) is 18.5. The van der Waals surface area contributed by atoms with Crippen LogP contribution in [-0.4, -0.2) is 40.0 Å². The molecule has 0 amide bonds. The fraction of sp³-hybridized carbons (Fsp3) is 1.00. The van der Waals surface area contributed by atoms with Gasteiger partial charge in [-0.05, 0) is 46.1 Å². The summed E-state index contributed by atoms with van der Waals surface area (Å²) >= 11 is 0. The monoisotopic (exact) mass is 249 g/mol. The third-order valence-electron chi connectivity index (χ3n) is 1.79. The van der Waals surface area contributed by atoms with Gasteiger partial charge in [-0.3, -0.25) is 0 Å². The summed E-state index contributed by atoms with van der Waals surface area (Å²) in [7, 11) is 0.996. The highest BCUT2D eigenvalue weighted by molar-refractivity contribution is 6.69. The van der Waals surface area contributed by atoms with Gasteiger partial charge in [-0.25, -0.2) is 0 Å². The van der Waals surface area contributed by atoms with Crippen LogP contribution in [0, 0.1) is 5.92 Å². The summed E-state index contributed by atoms with van der Waals surface area (Å²) in [6, 6.07) is 0. The molecule has 0 unspecified atom stereocenters. The Labute approximate surface area is 106 Å². The highest BCUT2D eigenvalue weighted by atomic mass is 28.4. The lowest BCUT2D eigenvalue weighted by molar-refractivity contribution is 0.310. The molecule has 3 heteroatoms. The van der Waals surface area contributed by atoms with Crippen LogP contribution in [0.15, 0.2) is 0 Å². The molecule has 0 aliphatic rings. The largest absolute Gasteiger partial charge is 0.418 e. The van der Waals surface area contributed by atoms with Crippen molar-refractivity contribution < 1.29 is 4.43 Å². The van der Waals surface area contributed by atoms with Gasteiger partial charge in [-0.1, -0.05) is 28.2 Å². The van der Waals surface area contributed by atoms with Crippen LogP contribution in [0.5, 0.6) is 0 Å². The summed E-state index contributed by atoms with van der Waals surface area (Å²) in [5.41, 5.74) is 0. The molecule has 16 heavy (non-hydrogen) atoms. The topological polar surface area (TPSA) is 12.5 Å². The van der Waals surface area contributed by atoms with Crippen LogP contribution in [0.1, 0.15) is 35.1 Å². The number of hydrogen-bond acceptors (Lipinski definition) is 2. The Kier molecular flexibility index (Phi) is 15.6. The maximum atomic E-state index is 5.37. The van der Waals surface area contributed by atoms with Crippen LogP contribution >= 0.6 is 0 Å². The molecule has 0 heterocycles. The maximum Gasteiger partial charge on any atom is 0.183 e. The molecule has 0 bridgehead atoms. The lowest BCUT2D eigenvalue weighted by Gasteiger charge is -2.15. The molecular weight excluding hydrogens is 214 g/mol. The molecule has 0 fully saturated rings. The Hall–Kier alpha value is 0.137. The first kappa shape index (κ1) is 21.4. The molecule has 102 valence electrons. The Balaban J connectivity index is -0.000000200. The lowest BCUT2D eigenvalue weighted by atomic mass is 10.2. The van der Waals surface area contributed by atoms with E-state index in [1.807, 2.05) is 6.92 Å². The van der Waals surface area contributed by atoms with Gasteiger partial charge in [0.1, 0.15) is 0 Å². The van der Waals surface area contributed by atoms with Crippen molar-refractivity contribution in [1.82, 2.24) is 4.90 Å². The van der Waals surface area contributed by atoms with Crippen LogP contribution in [0.25, 0.3) is 0 Å². The second-order valence-corrected chi connectivity index (χ2v) is 9.81. The smallest absolute Gasteiger partial charge is 0.183 e. The van der Waals surface area contributed by atoms with E-state index in [-0.39, 0.29) is 7.43 Å². The van der Waals surface area contributed by atoms with E-state index in [1.54, 1.807) is 0 Å². The van der Waals surface area contributed by atoms with E-state index in [9.17, 15) is 0 Å². The van der Waals surface area contributed by atoms with Crippen LogP contribution in [-0.2, 0) is 4.43 Å². The zero-order chi connectivity index (χ0) is 12.5. The minimum absolute atomic E-state index is 0. The first-order valence-electron chi connectivity index (χ1n) is 6.05. The van der Waals surface area contributed by atoms with Gasteiger partial charge in [-0.2, -0.15) is 0 Å². The molecule has 0 atom stereocenters. The van der Waals surface area contributed by atoms with E-state index in [0.717, 1.165) is 19.1 Å². The number of hydrogen-bond donors (Lipinski definition) is 0. The SMILES string of the molecule is C.CCN(C)CC(C)C.CCO[Si](C)(C)C. The Morgan fingerprint density at radius 3 is 1.62 bits per heavy atom. The van der Waals surface area contributed by atoms with Crippen LogP contribution < -0.4 is 0 Å². The Morgan fingerprint density at radius 2 is 1.56 bits per heavy atom. The third-order valence-corrected chi connectivity index (χ3v) is 2.95. The molecule has 0 spiro atoms. The van der Waals surface area contributed by atoms with Crippen molar-refractivity contribution in [3.63, 3.8) is 0 Å². The van der Waals surface area contributed by atoms with Crippen LogP contribution in [0.3, 0.4) is 0 Å². The zero-order valence-corrected chi connectivity index (χ0v) is 13.1. The first-order chi connectivity index (χ1) is 6.72. The molecule has 0 aromatic rings. The fourth-order valence-electron chi connectivity index (χ4n) is 1.19. The third kappa shape index (κ3) is 23.7. The average Bonchev–Trinajstić information content (AvgIpc) is 2.01. The molecule has 0 aliphatic carbocycles. The molecule has 0 rings (SSSR count). The molecule has 0 aromatic heterocycles. The van der Waals surface area contributed by atoms with Crippen molar-refractivity contribution in [3.8, 4) is 0 Å². The highest BCUT2D eigenvalue weighted by Crippen LogP contribution is 2.00. The quantitative estimate of drug-likeness (QED) is 0.681. The van der Waals surface area contributed by atoms with E-state index in [1.165, 1.54) is 6.54 Å². The van der Waals surface area contributed by atoms with Crippen molar-refractivity contribution in [2.24, 2.45) is 5.92 Å². The molecule has 0 radical (unpaired) electrons. The normalized spacial score (nSPS) is 10.9. The summed E-state index contributed by atoms with van der Waals surface area (Å²) in [5.74, 6) is 0.806. The molecule has 0 N–H and O–H groups in total. The molecule has 0 aliphatic heterocycles. The average molecular weight is 250 g/mol. The summed E-state index contributed by atoms with van der Waals surface area (Å²) < 4.78 is 5.37. The van der Waals surface area contributed by atoms with E-state index < -0.39 is 8.32 Å². The lowest BCUT2D eigenvalue weighted by Crippen LogP contribution is -2.24. The van der Waals surface area contributed by atoms with Gasteiger partial charge in [-0.15, -0.1) is 0 Å². The number of nitrogens with zero attached hydrogens (tertiary/aromatic N) is 1. The minimum Gasteiger partial charge on any atom is -0.418 e. The zero-order valence-electron chi connectivity index (χ0n) is 12.1. The molecule has 0 aromatic carbocycles. The molecule has 0 saturated carbocycles. The van der Waals surface area contributed by atoms with Crippen molar-refractivity contribution in [2.75, 3.05) is 26.7 Å². The van der Waals surface area contributed by atoms with Crippen LogP contribution in [0.4, 0.5) is 0 Å². The van der Waals surface area contributed by atoms with Crippen molar-refractivity contribution in [1.29, 1.82) is 0 Å². The minimum atomic E-state index is -1.16. The Morgan fingerprint density at radius 1 is 1.12 bits per heavy atom. The molecule has 0 saturated heterocycles. The van der Waals surface area contributed by atoms with Crippen molar-refractivity contribution >= 4 is 8.32 Å². The van der Waals surface area contributed by atoms with Crippen LogP contribution in [0.2, 0.25) is 19.6 Å². The van der Waals surface area contributed by atoms with Crippen molar-refractivity contribution in [3.05, 3.63) is 0 Å². The predicted molar refractivity (Wildman–Crippen MR) is 79.7 cm³/mol. The second-order valence-electron chi connectivity index (χ2n) is 5.29. The van der Waals surface area contributed by atoms with Gasteiger partial charge in [0, 0.05) is 13.2 Å². The van der Waals surface area contributed by atoms with E-state index in [2.05, 4.69) is 52.4 Å². The maximum absolute atomic E-state index is 5.37. The predicted octanol–water partition coefficient (Wildman–Crippen LogP) is 4.09. The standard InChI is InChI=1S/C7H17N.C5H14OSi.CH4/c1-5-8(4)6-7(2)3;1-5-6-7(2,3)4;/h7H,5-6H2,1-4H3;5H2,1-4H3;1H4. The molecule has 2 nitrogen and oxygen atoms in total. The van der Waals surface area contributed by atoms with Gasteiger partial charge in [0.15, 0.2) is 8.32 Å². The number of rotatable bonds is 5. The fourth-order valence-corrected chi connectivity index (χ4v) is 2.05. The molecular formula is C13H35NOSi. The van der Waals surface area contributed by atoms with Gasteiger partial charge >= 0.3 is 0 Å². The highest BCUT2D eigenvalue weighted by Gasteiger charge is 2.11. The second kappa shape index (κ2) is 11.6. The summed E-state index contributed by atoms with van der Waals surface area (Å²) in [6.07, 6.45) is 0. The summed E-state index contributed by atoms with van der Waals surface area (Å²) in [5, 5.41) is 0. The van der Waals surface area contributed by atoms with Gasteiger partial charge in [0.25, 0.3) is 0 Å². The van der Waals surface area contributed by atoms with E-state index in [4.69, 9.17) is 4.43 Å². The van der Waals surface area contributed by atoms with E-state index in [0.29, 0.717) is 0 Å². The van der Waals surface area contributed by atoms with Gasteiger partial charge < -0.3 is 9.33 Å².